The van der Waals surface area contributed by atoms with Crippen LogP contribution in [0.3, 0.4) is 0 Å². The zero-order valence-electron chi connectivity index (χ0n) is 18.0. The molecular weight excluding hydrogens is 374 g/mol. The summed E-state index contributed by atoms with van der Waals surface area (Å²) >= 11 is 0. The molecule has 1 aliphatic heterocycles. The Morgan fingerprint density at radius 3 is 2.43 bits per heavy atom. The Balaban J connectivity index is 2.03. The van der Waals surface area contributed by atoms with Gasteiger partial charge in [0.2, 0.25) is 0 Å². The van der Waals surface area contributed by atoms with Gasteiger partial charge >= 0.3 is 0 Å². The number of azide groups is 1. The number of rotatable bonds is 7. The smallest absolute Gasteiger partial charge is 0.192 e. The van der Waals surface area contributed by atoms with Crippen molar-refractivity contribution in [1.82, 2.24) is 0 Å². The Labute approximate surface area is 169 Å². The van der Waals surface area contributed by atoms with E-state index in [1.807, 2.05) is 31.2 Å². The largest absolute Gasteiger partial charge is 0.497 e. The van der Waals surface area contributed by atoms with Gasteiger partial charge in [-0.1, -0.05) is 38.0 Å². The first kappa shape index (κ1) is 22.7. The first-order chi connectivity index (χ1) is 13.1. The highest BCUT2D eigenvalue weighted by Crippen LogP contribution is 2.40. The molecule has 0 spiro atoms. The predicted octanol–water partition coefficient (Wildman–Crippen LogP) is 5.42. The molecule has 28 heavy (non-hydrogen) atoms. The molecule has 1 aromatic rings. The minimum Gasteiger partial charge on any atom is -0.497 e. The number of methoxy groups -OCH3 is 1. The van der Waals surface area contributed by atoms with E-state index in [0.717, 1.165) is 11.3 Å². The maximum atomic E-state index is 9.04. The summed E-state index contributed by atoms with van der Waals surface area (Å²) in [5.74, 6) is 0.806. The molecule has 0 aliphatic carbocycles. The van der Waals surface area contributed by atoms with Gasteiger partial charge < -0.3 is 18.6 Å². The third-order valence-electron chi connectivity index (χ3n) is 5.67. The second-order valence-electron chi connectivity index (χ2n) is 8.78. The van der Waals surface area contributed by atoms with E-state index in [4.69, 9.17) is 24.2 Å². The number of hydrogen-bond donors (Lipinski definition) is 0. The lowest BCUT2D eigenvalue weighted by atomic mass is 10.0. The van der Waals surface area contributed by atoms with Gasteiger partial charge in [-0.2, -0.15) is 0 Å². The molecule has 0 aromatic heterocycles. The lowest BCUT2D eigenvalue weighted by Gasteiger charge is -2.45. The first-order valence-corrected chi connectivity index (χ1v) is 12.6. The summed E-state index contributed by atoms with van der Waals surface area (Å²) in [6.07, 6.45) is -0.451. The highest BCUT2D eigenvalue weighted by atomic mass is 28.4. The minimum atomic E-state index is -2.02. The van der Waals surface area contributed by atoms with Gasteiger partial charge in [0.1, 0.15) is 5.75 Å². The molecule has 1 heterocycles. The van der Waals surface area contributed by atoms with E-state index in [1.165, 1.54) is 0 Å². The molecule has 1 fully saturated rings. The summed E-state index contributed by atoms with van der Waals surface area (Å²) in [6, 6.07) is 7.39. The molecule has 7 nitrogen and oxygen atoms in total. The van der Waals surface area contributed by atoms with Crippen LogP contribution in [0.2, 0.25) is 18.1 Å². The molecule has 0 amide bonds. The Hall–Kier alpha value is -1.57. The fourth-order valence-corrected chi connectivity index (χ4v) is 4.29. The number of benzene rings is 1. The van der Waals surface area contributed by atoms with Crippen LogP contribution in [-0.4, -0.2) is 40.0 Å². The predicted molar refractivity (Wildman–Crippen MR) is 112 cm³/mol. The van der Waals surface area contributed by atoms with E-state index in [0.29, 0.717) is 13.0 Å². The van der Waals surface area contributed by atoms with Crippen LogP contribution in [0.1, 0.15) is 39.7 Å². The van der Waals surface area contributed by atoms with Gasteiger partial charge in [0.05, 0.1) is 32.0 Å². The number of hydrogen-bond acceptors (Lipinski definition) is 5. The standard InChI is InChI=1S/C20H33N3O4Si/c1-14-19(27-28(6,7)20(2,3)4)17(22-23-21)12-18(26-14)25-13-15-8-10-16(24-5)11-9-15/h8-11,14,17-19H,12-13H2,1-7H3/t14-,17-,18?,19?/m1/s1. The van der Waals surface area contributed by atoms with Gasteiger partial charge in [-0.25, -0.2) is 0 Å². The molecule has 0 saturated carbocycles. The Bertz CT molecular complexity index is 684. The van der Waals surface area contributed by atoms with Crippen LogP contribution >= 0.6 is 0 Å². The second-order valence-corrected chi connectivity index (χ2v) is 13.5. The molecule has 0 bridgehead atoms. The second kappa shape index (κ2) is 9.28. The molecule has 8 heteroatoms. The summed E-state index contributed by atoms with van der Waals surface area (Å²) in [5, 5.41) is 4.08. The monoisotopic (exact) mass is 407 g/mol. The van der Waals surface area contributed by atoms with E-state index >= 15 is 0 Å². The maximum Gasteiger partial charge on any atom is 0.192 e. The van der Waals surface area contributed by atoms with E-state index in [1.54, 1.807) is 7.11 Å². The van der Waals surface area contributed by atoms with Gasteiger partial charge in [0.25, 0.3) is 0 Å². The topological polar surface area (TPSA) is 85.7 Å². The van der Waals surface area contributed by atoms with Crippen LogP contribution < -0.4 is 4.74 Å². The van der Waals surface area contributed by atoms with Crippen molar-refractivity contribution in [3.8, 4) is 5.75 Å². The van der Waals surface area contributed by atoms with Crippen LogP contribution in [0.25, 0.3) is 10.4 Å². The van der Waals surface area contributed by atoms with Gasteiger partial charge in [-0.15, -0.1) is 0 Å². The summed E-state index contributed by atoms with van der Waals surface area (Å²) in [6.45, 7) is 13.3. The third kappa shape index (κ3) is 5.72. The van der Waals surface area contributed by atoms with Crippen molar-refractivity contribution in [2.75, 3.05) is 7.11 Å². The third-order valence-corrected chi connectivity index (χ3v) is 10.1. The highest BCUT2D eigenvalue weighted by molar-refractivity contribution is 6.74. The molecule has 1 aromatic carbocycles. The Morgan fingerprint density at radius 2 is 1.89 bits per heavy atom. The van der Waals surface area contributed by atoms with Crippen LogP contribution in [0.15, 0.2) is 29.4 Å². The summed E-state index contributed by atoms with van der Waals surface area (Å²) < 4.78 is 23.7. The van der Waals surface area contributed by atoms with Crippen molar-refractivity contribution < 1.29 is 18.6 Å². The van der Waals surface area contributed by atoms with Crippen molar-refractivity contribution in [2.24, 2.45) is 5.11 Å². The molecule has 156 valence electrons. The SMILES string of the molecule is COc1ccc(COC2C[C@@H](N=[N+]=[N-])C(O[Si](C)(C)C(C)(C)C)[C@@H](C)O2)cc1. The molecule has 2 rings (SSSR count). The van der Waals surface area contributed by atoms with Crippen molar-refractivity contribution >= 4 is 8.32 Å². The highest BCUT2D eigenvalue weighted by Gasteiger charge is 2.45. The lowest BCUT2D eigenvalue weighted by Crippen LogP contribution is -2.54. The summed E-state index contributed by atoms with van der Waals surface area (Å²) in [5.41, 5.74) is 10.1. The fourth-order valence-electron chi connectivity index (χ4n) is 2.91. The average molecular weight is 408 g/mol. The zero-order valence-corrected chi connectivity index (χ0v) is 19.0. The molecule has 2 unspecified atom stereocenters. The van der Waals surface area contributed by atoms with Crippen LogP contribution in [0.5, 0.6) is 5.75 Å². The van der Waals surface area contributed by atoms with Crippen molar-refractivity contribution in [2.45, 2.75) is 83.4 Å². The normalized spacial score (nSPS) is 25.8. The summed E-state index contributed by atoms with van der Waals surface area (Å²) in [7, 11) is -0.383. The van der Waals surface area contributed by atoms with E-state index < -0.39 is 14.6 Å². The summed E-state index contributed by atoms with van der Waals surface area (Å²) in [4.78, 5) is 3.04. The van der Waals surface area contributed by atoms with Gasteiger partial charge in [-0.05, 0) is 48.3 Å². The first-order valence-electron chi connectivity index (χ1n) is 9.69. The van der Waals surface area contributed by atoms with E-state index in [9.17, 15) is 0 Å². The quantitative estimate of drug-likeness (QED) is 0.261. The van der Waals surface area contributed by atoms with E-state index in [2.05, 4.69) is 43.9 Å². The van der Waals surface area contributed by atoms with Crippen molar-refractivity contribution in [3.05, 3.63) is 40.3 Å². The lowest BCUT2D eigenvalue weighted by molar-refractivity contribution is -0.224. The van der Waals surface area contributed by atoms with Crippen LogP contribution in [-0.2, 0) is 20.5 Å². The minimum absolute atomic E-state index is 0.0648. The molecule has 4 atom stereocenters. The zero-order chi connectivity index (χ0) is 20.9. The average Bonchev–Trinajstić information content (AvgIpc) is 2.62. The Kier molecular flexibility index (Phi) is 7.53. The van der Waals surface area contributed by atoms with E-state index in [-0.39, 0.29) is 23.3 Å². The van der Waals surface area contributed by atoms with Crippen molar-refractivity contribution in [1.29, 1.82) is 0 Å². The Morgan fingerprint density at radius 1 is 1.25 bits per heavy atom. The van der Waals surface area contributed by atoms with Gasteiger partial charge in [-0.3, -0.25) is 0 Å². The number of nitrogens with zero attached hydrogens (tertiary/aromatic N) is 3. The fraction of sp³-hybridized carbons (Fsp3) is 0.700. The number of ether oxygens (including phenoxy) is 3. The van der Waals surface area contributed by atoms with Crippen molar-refractivity contribution in [3.63, 3.8) is 0 Å². The molecular formula is C20H33N3O4Si. The van der Waals surface area contributed by atoms with Crippen LogP contribution in [0, 0.1) is 0 Å². The van der Waals surface area contributed by atoms with Gasteiger partial charge in [0, 0.05) is 11.3 Å². The maximum absolute atomic E-state index is 9.04. The molecule has 1 aliphatic rings. The van der Waals surface area contributed by atoms with Crippen LogP contribution in [0.4, 0.5) is 0 Å². The molecule has 0 radical (unpaired) electrons. The molecule has 1 saturated heterocycles. The molecule has 0 N–H and O–H groups in total. The van der Waals surface area contributed by atoms with Gasteiger partial charge in [0.15, 0.2) is 14.6 Å².